The largest absolute Gasteiger partial charge is 0.456 e. The molecule has 0 N–H and O–H groups in total. The molecule has 0 fully saturated rings. The smallest absolute Gasteiger partial charge is 0.137 e. The SMILES string of the molecule is C1=Cc2c(n(-c3ccccc3)c3ccc(-c4ccc(N(c5ccc6c(c5)C(c5ccccc5)(c5ccccc5)c5ccccc5-6)c5ccc6c(c5)oc5ccccc56)cc4)cc23)CC1. The van der Waals surface area contributed by atoms with E-state index >= 15 is 0 Å². The molecule has 0 bridgehead atoms. The third-order valence-electron chi connectivity index (χ3n) is 13.7. The van der Waals surface area contributed by atoms with E-state index in [4.69, 9.17) is 4.42 Å². The maximum atomic E-state index is 6.53. The van der Waals surface area contributed by atoms with Crippen molar-refractivity contribution in [3.05, 3.63) is 258 Å². The second-order valence-electron chi connectivity index (χ2n) is 17.1. The summed E-state index contributed by atoms with van der Waals surface area (Å²) < 4.78 is 8.98. The van der Waals surface area contributed by atoms with Crippen LogP contribution in [0.1, 0.15) is 39.9 Å². The minimum Gasteiger partial charge on any atom is -0.456 e. The van der Waals surface area contributed by atoms with Crippen LogP contribution in [-0.2, 0) is 11.8 Å². The van der Waals surface area contributed by atoms with Gasteiger partial charge in [-0.2, -0.15) is 0 Å². The van der Waals surface area contributed by atoms with Crippen LogP contribution in [0, 0.1) is 0 Å². The second kappa shape index (κ2) is 14.5. The summed E-state index contributed by atoms with van der Waals surface area (Å²) in [6.07, 6.45) is 6.73. The molecule has 0 saturated heterocycles. The fraction of sp³-hybridized carbons (Fsp3) is 0.0492. The van der Waals surface area contributed by atoms with Crippen LogP contribution in [-0.4, -0.2) is 4.57 Å². The number of hydrogen-bond acceptors (Lipinski definition) is 2. The van der Waals surface area contributed by atoms with E-state index in [1.165, 1.54) is 72.4 Å². The Balaban J connectivity index is 0.987. The van der Waals surface area contributed by atoms with E-state index in [0.717, 1.165) is 51.8 Å². The first-order valence-corrected chi connectivity index (χ1v) is 22.3. The highest BCUT2D eigenvalue weighted by molar-refractivity contribution is 6.06. The molecule has 3 heteroatoms. The number of hydrogen-bond donors (Lipinski definition) is 0. The van der Waals surface area contributed by atoms with E-state index in [0.29, 0.717) is 0 Å². The molecule has 0 aliphatic heterocycles. The van der Waals surface area contributed by atoms with Crippen molar-refractivity contribution in [3.63, 3.8) is 0 Å². The quantitative estimate of drug-likeness (QED) is 0.160. The maximum absolute atomic E-state index is 6.53. The lowest BCUT2D eigenvalue weighted by molar-refractivity contribution is 0.669. The predicted molar refractivity (Wildman–Crippen MR) is 265 cm³/mol. The summed E-state index contributed by atoms with van der Waals surface area (Å²) in [4.78, 5) is 2.39. The van der Waals surface area contributed by atoms with Gasteiger partial charge in [0, 0.05) is 56.2 Å². The van der Waals surface area contributed by atoms with Crippen molar-refractivity contribution in [3.8, 4) is 27.9 Å². The average Bonchev–Trinajstić information content (AvgIpc) is 4.01. The molecule has 0 unspecified atom stereocenters. The highest BCUT2D eigenvalue weighted by Gasteiger charge is 2.46. The van der Waals surface area contributed by atoms with Gasteiger partial charge in [0.2, 0.25) is 0 Å². The Bertz CT molecular complexity index is 3560. The van der Waals surface area contributed by atoms with Crippen molar-refractivity contribution in [1.82, 2.24) is 4.57 Å². The molecule has 2 aromatic heterocycles. The van der Waals surface area contributed by atoms with Crippen molar-refractivity contribution in [1.29, 1.82) is 0 Å². The fourth-order valence-electron chi connectivity index (χ4n) is 10.9. The Morgan fingerprint density at radius 3 is 1.88 bits per heavy atom. The van der Waals surface area contributed by atoms with E-state index in [1.54, 1.807) is 0 Å². The van der Waals surface area contributed by atoms with Gasteiger partial charge in [0.1, 0.15) is 11.2 Å². The number of anilines is 3. The van der Waals surface area contributed by atoms with Gasteiger partial charge >= 0.3 is 0 Å². The molecule has 0 radical (unpaired) electrons. The Labute approximate surface area is 372 Å². The van der Waals surface area contributed by atoms with Gasteiger partial charge in [-0.25, -0.2) is 0 Å². The first-order chi connectivity index (χ1) is 31.7. The lowest BCUT2D eigenvalue weighted by Gasteiger charge is -2.35. The van der Waals surface area contributed by atoms with Crippen molar-refractivity contribution in [2.24, 2.45) is 0 Å². The van der Waals surface area contributed by atoms with Gasteiger partial charge in [-0.05, 0) is 124 Å². The van der Waals surface area contributed by atoms with E-state index in [9.17, 15) is 0 Å². The van der Waals surface area contributed by atoms with Crippen LogP contribution in [0.3, 0.4) is 0 Å². The summed E-state index contributed by atoms with van der Waals surface area (Å²) in [5.74, 6) is 0. The molecule has 2 aliphatic rings. The first-order valence-electron chi connectivity index (χ1n) is 22.3. The summed E-state index contributed by atoms with van der Waals surface area (Å²) in [6, 6.07) is 79.9. The normalized spacial score (nSPS) is 13.6. The Hall–Kier alpha value is -8.14. The van der Waals surface area contributed by atoms with Crippen LogP contribution in [0.5, 0.6) is 0 Å². The van der Waals surface area contributed by atoms with Gasteiger partial charge in [0.25, 0.3) is 0 Å². The lowest BCUT2D eigenvalue weighted by atomic mass is 9.67. The van der Waals surface area contributed by atoms with Crippen LogP contribution in [0.25, 0.3) is 66.9 Å². The third-order valence-corrected chi connectivity index (χ3v) is 13.7. The summed E-state index contributed by atoms with van der Waals surface area (Å²) in [7, 11) is 0. The highest BCUT2D eigenvalue weighted by Crippen LogP contribution is 2.57. The zero-order chi connectivity index (χ0) is 42.2. The summed E-state index contributed by atoms with van der Waals surface area (Å²) in [5.41, 5.74) is 19.5. The highest BCUT2D eigenvalue weighted by atomic mass is 16.3. The van der Waals surface area contributed by atoms with Gasteiger partial charge < -0.3 is 13.9 Å². The molecule has 64 heavy (non-hydrogen) atoms. The molecular formula is C61H42N2O. The number of aromatic nitrogens is 1. The number of benzene rings is 9. The van der Waals surface area contributed by atoms with Crippen LogP contribution in [0.15, 0.2) is 229 Å². The van der Waals surface area contributed by atoms with Crippen molar-refractivity contribution < 1.29 is 4.42 Å². The molecule has 0 amide bonds. The minimum atomic E-state index is -0.519. The summed E-state index contributed by atoms with van der Waals surface area (Å²) in [6.45, 7) is 0. The van der Waals surface area contributed by atoms with Gasteiger partial charge in [-0.1, -0.05) is 158 Å². The van der Waals surface area contributed by atoms with Crippen LogP contribution in [0.2, 0.25) is 0 Å². The molecule has 13 rings (SSSR count). The Kier molecular flexibility index (Phi) is 8.26. The van der Waals surface area contributed by atoms with Crippen LogP contribution in [0.4, 0.5) is 17.1 Å². The Morgan fingerprint density at radius 2 is 1.08 bits per heavy atom. The number of nitrogens with zero attached hydrogens (tertiary/aromatic N) is 2. The molecule has 2 aliphatic carbocycles. The lowest BCUT2D eigenvalue weighted by Crippen LogP contribution is -2.28. The number of rotatable bonds is 7. The van der Waals surface area contributed by atoms with E-state index in [2.05, 4.69) is 234 Å². The van der Waals surface area contributed by atoms with Gasteiger partial charge in [0.15, 0.2) is 0 Å². The number of furan rings is 1. The molecule has 11 aromatic rings. The average molecular weight is 819 g/mol. The monoisotopic (exact) mass is 818 g/mol. The topological polar surface area (TPSA) is 21.3 Å². The number of para-hydroxylation sites is 2. The zero-order valence-corrected chi connectivity index (χ0v) is 35.2. The van der Waals surface area contributed by atoms with Crippen LogP contribution >= 0.6 is 0 Å². The molecule has 302 valence electrons. The van der Waals surface area contributed by atoms with E-state index in [-0.39, 0.29) is 0 Å². The minimum absolute atomic E-state index is 0.519. The number of fused-ring (bicyclic) bond motifs is 9. The zero-order valence-electron chi connectivity index (χ0n) is 35.2. The Morgan fingerprint density at radius 1 is 0.453 bits per heavy atom. The molecule has 2 heterocycles. The standard InChI is InChI=1S/C61H42N2O/c1-4-16-43(17-5-1)61(44-18-6-2-7-19-44)55-25-13-10-22-49(55)50-35-33-47(39-56(50)61)62(48-34-36-53-52-24-12-15-27-59(52)64-60(53)40-48)46-31-28-41(29-32-46)42-30-37-58-54(38-42)51-23-11-14-26-57(51)63(58)45-20-8-3-9-21-45/h1-13,15-25,27-40H,14,26H2. The molecule has 0 spiro atoms. The predicted octanol–water partition coefficient (Wildman–Crippen LogP) is 16.0. The van der Waals surface area contributed by atoms with Crippen LogP contribution < -0.4 is 4.90 Å². The van der Waals surface area contributed by atoms with Crippen molar-refractivity contribution in [2.45, 2.75) is 18.3 Å². The van der Waals surface area contributed by atoms with Gasteiger partial charge in [-0.15, -0.1) is 0 Å². The molecule has 0 atom stereocenters. The molecule has 9 aromatic carbocycles. The second-order valence-corrected chi connectivity index (χ2v) is 17.1. The van der Waals surface area contributed by atoms with E-state index < -0.39 is 5.41 Å². The first kappa shape index (κ1) is 36.5. The summed E-state index contributed by atoms with van der Waals surface area (Å²) >= 11 is 0. The van der Waals surface area contributed by atoms with E-state index in [1.807, 2.05) is 6.07 Å². The number of allylic oxidation sites excluding steroid dienone is 1. The van der Waals surface area contributed by atoms with Gasteiger partial charge in [0.05, 0.1) is 10.9 Å². The third kappa shape index (κ3) is 5.47. The van der Waals surface area contributed by atoms with Crippen molar-refractivity contribution >= 4 is 56.0 Å². The molecule has 3 nitrogen and oxygen atoms in total. The maximum Gasteiger partial charge on any atom is 0.137 e. The van der Waals surface area contributed by atoms with Crippen molar-refractivity contribution in [2.75, 3.05) is 4.90 Å². The summed E-state index contributed by atoms with van der Waals surface area (Å²) in [5, 5.41) is 3.52. The fourth-order valence-corrected chi connectivity index (χ4v) is 10.9. The van der Waals surface area contributed by atoms with Gasteiger partial charge in [-0.3, -0.25) is 0 Å². The molecule has 0 saturated carbocycles. The molecular weight excluding hydrogens is 777 g/mol.